The third-order valence-electron chi connectivity index (χ3n) is 5.25. The van der Waals surface area contributed by atoms with Gasteiger partial charge in [-0.1, -0.05) is 38.1 Å². The lowest BCUT2D eigenvalue weighted by molar-refractivity contribution is 0.0977. The van der Waals surface area contributed by atoms with Crippen LogP contribution in [0.1, 0.15) is 61.2 Å². The zero-order chi connectivity index (χ0) is 14.6. The van der Waals surface area contributed by atoms with Gasteiger partial charge in [0.05, 0.1) is 12.1 Å². The highest BCUT2D eigenvalue weighted by atomic mass is 16.3. The lowest BCUT2D eigenvalue weighted by Crippen LogP contribution is -2.27. The zero-order valence-corrected chi connectivity index (χ0v) is 12.8. The van der Waals surface area contributed by atoms with Crippen molar-refractivity contribution in [1.29, 1.82) is 0 Å². The predicted octanol–water partition coefficient (Wildman–Crippen LogP) is 4.03. The monoisotopic (exact) mass is 281 g/mol. The van der Waals surface area contributed by atoms with E-state index in [1.54, 1.807) is 0 Å². The first-order valence-corrected chi connectivity index (χ1v) is 8.01. The minimum absolute atomic E-state index is 0.181. The molecule has 110 valence electrons. The van der Waals surface area contributed by atoms with Crippen molar-refractivity contribution in [2.45, 2.75) is 51.7 Å². The third kappa shape index (κ3) is 2.04. The van der Waals surface area contributed by atoms with Gasteiger partial charge in [0.25, 0.3) is 0 Å². The Hall–Kier alpha value is -1.54. The highest BCUT2D eigenvalue weighted by molar-refractivity contribution is 5.38. The molecule has 1 heterocycles. The van der Waals surface area contributed by atoms with E-state index in [9.17, 15) is 5.11 Å². The average molecular weight is 281 g/mol. The summed E-state index contributed by atoms with van der Waals surface area (Å²) in [5, 5.41) is 10.4. The van der Waals surface area contributed by atoms with Crippen LogP contribution in [0.15, 0.2) is 36.5 Å². The van der Waals surface area contributed by atoms with Gasteiger partial charge in [0.15, 0.2) is 0 Å². The van der Waals surface area contributed by atoms with Crippen LogP contribution in [-0.2, 0) is 12.8 Å². The maximum absolute atomic E-state index is 10.4. The van der Waals surface area contributed by atoms with Gasteiger partial charge in [0, 0.05) is 17.5 Å². The SMILES string of the molecule is CC1(C)Cc2c(ccn2C2CCc3ccccc32)C(O)C1. The van der Waals surface area contributed by atoms with Crippen LogP contribution in [0.4, 0.5) is 0 Å². The maximum atomic E-state index is 10.4. The molecule has 0 fully saturated rings. The Morgan fingerprint density at radius 3 is 2.81 bits per heavy atom. The maximum Gasteiger partial charge on any atom is 0.0812 e. The van der Waals surface area contributed by atoms with Crippen LogP contribution in [-0.4, -0.2) is 9.67 Å². The average Bonchev–Trinajstić information content (AvgIpc) is 3.00. The lowest BCUT2D eigenvalue weighted by atomic mass is 9.75. The largest absolute Gasteiger partial charge is 0.388 e. The summed E-state index contributed by atoms with van der Waals surface area (Å²) >= 11 is 0. The summed E-state index contributed by atoms with van der Waals surface area (Å²) < 4.78 is 2.44. The molecular weight excluding hydrogens is 258 g/mol. The number of aryl methyl sites for hydroxylation is 1. The van der Waals surface area contributed by atoms with Gasteiger partial charge >= 0.3 is 0 Å². The Labute approximate surface area is 126 Å². The van der Waals surface area contributed by atoms with Gasteiger partial charge in [-0.25, -0.2) is 0 Å². The number of fused-ring (bicyclic) bond motifs is 2. The van der Waals surface area contributed by atoms with E-state index in [0.717, 1.165) is 18.4 Å². The van der Waals surface area contributed by atoms with E-state index in [4.69, 9.17) is 0 Å². The number of aliphatic hydroxyl groups excluding tert-OH is 1. The summed E-state index contributed by atoms with van der Waals surface area (Å²) in [6.45, 7) is 4.53. The fourth-order valence-corrected chi connectivity index (χ4v) is 4.27. The fraction of sp³-hybridized carbons (Fsp3) is 0.474. The van der Waals surface area contributed by atoms with Crippen molar-refractivity contribution in [1.82, 2.24) is 4.57 Å². The van der Waals surface area contributed by atoms with Crippen molar-refractivity contribution in [3.8, 4) is 0 Å². The number of benzene rings is 1. The van der Waals surface area contributed by atoms with Gasteiger partial charge < -0.3 is 9.67 Å². The molecule has 1 aromatic heterocycles. The van der Waals surface area contributed by atoms with Crippen LogP contribution in [0, 0.1) is 5.41 Å². The van der Waals surface area contributed by atoms with Gasteiger partial charge in [-0.15, -0.1) is 0 Å². The summed E-state index contributed by atoms with van der Waals surface area (Å²) in [5.41, 5.74) is 5.63. The molecule has 2 aliphatic carbocycles. The van der Waals surface area contributed by atoms with Crippen LogP contribution in [0.25, 0.3) is 0 Å². The molecule has 0 amide bonds. The summed E-state index contributed by atoms with van der Waals surface area (Å²) in [5.74, 6) is 0. The van der Waals surface area contributed by atoms with E-state index in [0.29, 0.717) is 6.04 Å². The molecule has 0 radical (unpaired) electrons. The molecule has 2 aliphatic rings. The Morgan fingerprint density at radius 1 is 1.14 bits per heavy atom. The van der Waals surface area contributed by atoms with Crippen molar-refractivity contribution in [2.75, 3.05) is 0 Å². The van der Waals surface area contributed by atoms with Crippen LogP contribution < -0.4 is 0 Å². The number of aromatic nitrogens is 1. The van der Waals surface area contributed by atoms with Crippen molar-refractivity contribution in [3.63, 3.8) is 0 Å². The minimum Gasteiger partial charge on any atom is -0.388 e. The van der Waals surface area contributed by atoms with E-state index in [1.165, 1.54) is 29.7 Å². The first kappa shape index (κ1) is 13.1. The number of hydrogen-bond donors (Lipinski definition) is 1. The second-order valence-corrected chi connectivity index (χ2v) is 7.44. The number of aliphatic hydroxyl groups is 1. The molecule has 1 aromatic carbocycles. The van der Waals surface area contributed by atoms with E-state index >= 15 is 0 Å². The van der Waals surface area contributed by atoms with Crippen LogP contribution in [0.2, 0.25) is 0 Å². The van der Waals surface area contributed by atoms with E-state index in [2.05, 4.69) is 54.9 Å². The summed E-state index contributed by atoms with van der Waals surface area (Å²) in [6.07, 6.45) is 6.16. The standard InChI is InChI=1S/C19H23NO/c1-19(2)11-17-15(18(21)12-19)9-10-20(17)16-8-7-13-5-3-4-6-14(13)16/h3-6,9-10,16,18,21H,7-8,11-12H2,1-2H3. The molecule has 2 nitrogen and oxygen atoms in total. The number of nitrogens with zero attached hydrogens (tertiary/aromatic N) is 1. The lowest BCUT2D eigenvalue weighted by Gasteiger charge is -2.35. The van der Waals surface area contributed by atoms with Gasteiger partial charge in [0.2, 0.25) is 0 Å². The smallest absolute Gasteiger partial charge is 0.0812 e. The fourth-order valence-electron chi connectivity index (χ4n) is 4.27. The first-order valence-electron chi connectivity index (χ1n) is 8.01. The van der Waals surface area contributed by atoms with Crippen molar-refractivity contribution in [2.24, 2.45) is 5.41 Å². The highest BCUT2D eigenvalue weighted by Gasteiger charge is 2.35. The minimum atomic E-state index is -0.304. The zero-order valence-electron chi connectivity index (χ0n) is 12.8. The molecule has 2 atom stereocenters. The molecule has 2 aromatic rings. The van der Waals surface area contributed by atoms with Crippen LogP contribution in [0.5, 0.6) is 0 Å². The van der Waals surface area contributed by atoms with Gasteiger partial charge in [0.1, 0.15) is 0 Å². The second-order valence-electron chi connectivity index (χ2n) is 7.44. The predicted molar refractivity (Wildman–Crippen MR) is 84.4 cm³/mol. The summed E-state index contributed by atoms with van der Waals surface area (Å²) in [7, 11) is 0. The summed E-state index contributed by atoms with van der Waals surface area (Å²) in [6, 6.07) is 11.4. The van der Waals surface area contributed by atoms with Gasteiger partial charge in [-0.2, -0.15) is 0 Å². The molecule has 0 bridgehead atoms. The molecule has 0 saturated carbocycles. The van der Waals surface area contributed by atoms with E-state index < -0.39 is 0 Å². The molecule has 0 saturated heterocycles. The Kier molecular flexibility index (Phi) is 2.80. The molecular formula is C19H23NO. The second kappa shape index (κ2) is 4.48. The topological polar surface area (TPSA) is 25.2 Å². The van der Waals surface area contributed by atoms with Gasteiger partial charge in [-0.05, 0) is 48.3 Å². The third-order valence-corrected chi connectivity index (χ3v) is 5.25. The number of hydrogen-bond acceptors (Lipinski definition) is 1. The molecule has 1 N–H and O–H groups in total. The molecule has 0 aliphatic heterocycles. The van der Waals surface area contributed by atoms with Crippen molar-refractivity contribution >= 4 is 0 Å². The molecule has 0 spiro atoms. The summed E-state index contributed by atoms with van der Waals surface area (Å²) in [4.78, 5) is 0. The normalized spacial score (nSPS) is 26.4. The Bertz CT molecular complexity index is 683. The molecule has 2 unspecified atom stereocenters. The highest BCUT2D eigenvalue weighted by Crippen LogP contribution is 2.44. The van der Waals surface area contributed by atoms with Crippen molar-refractivity contribution < 1.29 is 5.11 Å². The molecule has 4 rings (SSSR count). The van der Waals surface area contributed by atoms with Gasteiger partial charge in [-0.3, -0.25) is 0 Å². The Balaban J connectivity index is 1.79. The Morgan fingerprint density at radius 2 is 1.95 bits per heavy atom. The first-order chi connectivity index (χ1) is 10.1. The van der Waals surface area contributed by atoms with E-state index in [-0.39, 0.29) is 11.5 Å². The molecule has 21 heavy (non-hydrogen) atoms. The number of rotatable bonds is 1. The quantitative estimate of drug-likeness (QED) is 0.839. The van der Waals surface area contributed by atoms with E-state index in [1.807, 2.05) is 0 Å². The van der Waals surface area contributed by atoms with Crippen molar-refractivity contribution in [3.05, 3.63) is 58.9 Å². The molecule has 2 heteroatoms. The van der Waals surface area contributed by atoms with Crippen LogP contribution in [0.3, 0.4) is 0 Å². The van der Waals surface area contributed by atoms with Crippen LogP contribution >= 0.6 is 0 Å².